The van der Waals surface area contributed by atoms with Gasteiger partial charge in [-0.25, -0.2) is 0 Å². The third-order valence-electron chi connectivity index (χ3n) is 2.21. The summed E-state index contributed by atoms with van der Waals surface area (Å²) in [6.07, 6.45) is -5.28. The highest BCUT2D eigenvalue weighted by Gasteiger charge is 2.33. The summed E-state index contributed by atoms with van der Waals surface area (Å²) in [7, 11) is 0. The second-order valence-corrected chi connectivity index (χ2v) is 4.06. The van der Waals surface area contributed by atoms with E-state index >= 15 is 0 Å². The number of thiol groups is 1. The third-order valence-corrected chi connectivity index (χ3v) is 2.63. The first-order chi connectivity index (χ1) is 9.28. The monoisotopic (exact) mass is 305 g/mol. The van der Waals surface area contributed by atoms with Crippen LogP contribution < -0.4 is 4.74 Å². The van der Waals surface area contributed by atoms with E-state index in [2.05, 4.69) is 17.4 Å². The number of esters is 1. The van der Waals surface area contributed by atoms with Gasteiger partial charge in [-0.05, 0) is 24.6 Å². The molecule has 0 saturated heterocycles. The molecule has 0 fully saturated rings. The fourth-order valence-corrected chi connectivity index (χ4v) is 1.75. The first-order valence-electron chi connectivity index (χ1n) is 5.44. The van der Waals surface area contributed by atoms with Crippen molar-refractivity contribution in [3.05, 3.63) is 23.3 Å². The minimum absolute atomic E-state index is 0.0380. The van der Waals surface area contributed by atoms with Crippen LogP contribution in [0.1, 0.15) is 18.1 Å². The zero-order chi connectivity index (χ0) is 15.3. The van der Waals surface area contributed by atoms with E-state index < -0.39 is 18.1 Å². The predicted molar refractivity (Wildman–Crippen MR) is 65.4 cm³/mol. The molecule has 1 rings (SSSR count). The van der Waals surface area contributed by atoms with Crippen LogP contribution in [-0.2, 0) is 16.0 Å². The van der Waals surface area contributed by atoms with E-state index in [4.69, 9.17) is 10.00 Å². The summed E-state index contributed by atoms with van der Waals surface area (Å²) < 4.78 is 45.1. The quantitative estimate of drug-likeness (QED) is 0.686. The molecule has 0 aromatic heterocycles. The number of hydrogen-bond acceptors (Lipinski definition) is 5. The summed E-state index contributed by atoms with van der Waals surface area (Å²) in [4.78, 5) is 11.6. The molecule has 0 aliphatic rings. The van der Waals surface area contributed by atoms with Crippen molar-refractivity contribution in [1.82, 2.24) is 0 Å². The van der Waals surface area contributed by atoms with Crippen molar-refractivity contribution in [2.24, 2.45) is 0 Å². The molecule has 0 heterocycles. The molecule has 0 spiro atoms. The number of ether oxygens (including phenoxy) is 2. The highest BCUT2D eigenvalue weighted by atomic mass is 32.1. The lowest BCUT2D eigenvalue weighted by Crippen LogP contribution is -2.19. The molecule has 20 heavy (non-hydrogen) atoms. The standard InChI is InChI=1S/C12H10F3NO3S/c1-2-18-11(17)5-7-8(6-16)9(3-4-10(7)20)19-12(13,14)15/h3-4,20H,2,5H2,1H3. The minimum Gasteiger partial charge on any atom is -0.466 e. The Bertz CT molecular complexity index is 552. The summed E-state index contributed by atoms with van der Waals surface area (Å²) in [5.74, 6) is -1.33. The number of carbonyl (C=O) groups is 1. The smallest absolute Gasteiger partial charge is 0.466 e. The Kier molecular flexibility index (Phi) is 5.27. The highest BCUT2D eigenvalue weighted by molar-refractivity contribution is 7.80. The first-order valence-corrected chi connectivity index (χ1v) is 5.89. The molecule has 1 aromatic rings. The number of benzene rings is 1. The Morgan fingerprint density at radius 2 is 2.10 bits per heavy atom. The van der Waals surface area contributed by atoms with Crippen molar-refractivity contribution in [3.63, 3.8) is 0 Å². The van der Waals surface area contributed by atoms with Crippen LogP contribution in [0.25, 0.3) is 0 Å². The van der Waals surface area contributed by atoms with Gasteiger partial charge in [-0.2, -0.15) is 5.26 Å². The third kappa shape index (κ3) is 4.35. The lowest BCUT2D eigenvalue weighted by atomic mass is 10.0. The average Bonchev–Trinajstić information content (AvgIpc) is 2.32. The summed E-state index contributed by atoms with van der Waals surface area (Å²) in [6.45, 7) is 1.72. The Morgan fingerprint density at radius 3 is 2.60 bits per heavy atom. The van der Waals surface area contributed by atoms with E-state index in [1.54, 1.807) is 13.0 Å². The number of carbonyl (C=O) groups excluding carboxylic acids is 1. The van der Waals surface area contributed by atoms with E-state index in [0.717, 1.165) is 6.07 Å². The van der Waals surface area contributed by atoms with Crippen LogP contribution >= 0.6 is 12.6 Å². The molecule has 0 bridgehead atoms. The molecule has 0 aliphatic carbocycles. The maximum Gasteiger partial charge on any atom is 0.573 e. The second-order valence-electron chi connectivity index (χ2n) is 3.58. The van der Waals surface area contributed by atoms with Gasteiger partial charge in [0.1, 0.15) is 11.8 Å². The zero-order valence-electron chi connectivity index (χ0n) is 10.3. The summed E-state index contributed by atoms with van der Waals surface area (Å²) in [5, 5.41) is 8.98. The van der Waals surface area contributed by atoms with Crippen LogP contribution in [0.4, 0.5) is 13.2 Å². The van der Waals surface area contributed by atoms with Gasteiger partial charge in [0.15, 0.2) is 0 Å². The Morgan fingerprint density at radius 1 is 1.45 bits per heavy atom. The van der Waals surface area contributed by atoms with Gasteiger partial charge in [-0.3, -0.25) is 4.79 Å². The van der Waals surface area contributed by atoms with Gasteiger partial charge in [0.2, 0.25) is 0 Å². The number of rotatable bonds is 4. The van der Waals surface area contributed by atoms with Gasteiger partial charge in [0.25, 0.3) is 0 Å². The summed E-state index contributed by atoms with van der Waals surface area (Å²) in [5.41, 5.74) is -0.348. The van der Waals surface area contributed by atoms with Crippen molar-refractivity contribution in [2.45, 2.75) is 24.6 Å². The Balaban J connectivity index is 3.19. The molecule has 0 atom stereocenters. The first kappa shape index (κ1) is 16.2. The van der Waals surface area contributed by atoms with Crippen LogP contribution in [0.3, 0.4) is 0 Å². The average molecular weight is 305 g/mol. The Hall–Kier alpha value is -1.88. The fraction of sp³-hybridized carbons (Fsp3) is 0.333. The van der Waals surface area contributed by atoms with Crippen molar-refractivity contribution in [3.8, 4) is 11.8 Å². The van der Waals surface area contributed by atoms with E-state index in [0.29, 0.717) is 0 Å². The van der Waals surface area contributed by atoms with Gasteiger partial charge in [-0.15, -0.1) is 25.8 Å². The largest absolute Gasteiger partial charge is 0.573 e. The lowest BCUT2D eigenvalue weighted by Gasteiger charge is -2.14. The highest BCUT2D eigenvalue weighted by Crippen LogP contribution is 2.31. The molecule has 0 amide bonds. The maximum atomic E-state index is 12.2. The molecule has 0 unspecified atom stereocenters. The molecule has 1 aromatic carbocycles. The number of hydrogen-bond donors (Lipinski definition) is 1. The maximum absolute atomic E-state index is 12.2. The molecule has 8 heteroatoms. The van der Waals surface area contributed by atoms with Gasteiger partial charge < -0.3 is 9.47 Å². The van der Waals surface area contributed by atoms with Crippen molar-refractivity contribution < 1.29 is 27.4 Å². The lowest BCUT2D eigenvalue weighted by molar-refractivity contribution is -0.274. The van der Waals surface area contributed by atoms with Crippen LogP contribution in [0.2, 0.25) is 0 Å². The number of alkyl halides is 3. The fourth-order valence-electron chi connectivity index (χ4n) is 1.48. The summed E-state index contributed by atoms with van der Waals surface area (Å²) in [6, 6.07) is 3.79. The van der Waals surface area contributed by atoms with E-state index in [1.807, 2.05) is 0 Å². The molecule has 0 N–H and O–H groups in total. The van der Waals surface area contributed by atoms with E-state index in [9.17, 15) is 18.0 Å². The van der Waals surface area contributed by atoms with Crippen molar-refractivity contribution in [2.75, 3.05) is 6.61 Å². The second kappa shape index (κ2) is 6.52. The summed E-state index contributed by atoms with van der Waals surface area (Å²) >= 11 is 4.03. The topological polar surface area (TPSA) is 59.3 Å². The molecule has 108 valence electrons. The minimum atomic E-state index is -4.93. The van der Waals surface area contributed by atoms with Crippen LogP contribution in [0.15, 0.2) is 17.0 Å². The van der Waals surface area contributed by atoms with E-state index in [-0.39, 0.29) is 29.1 Å². The van der Waals surface area contributed by atoms with Crippen LogP contribution in [-0.4, -0.2) is 18.9 Å². The number of halogens is 3. The molecular formula is C12H10F3NO3S. The van der Waals surface area contributed by atoms with Crippen molar-refractivity contribution in [1.29, 1.82) is 5.26 Å². The van der Waals surface area contributed by atoms with Gasteiger partial charge in [-0.1, -0.05) is 0 Å². The van der Waals surface area contributed by atoms with E-state index in [1.165, 1.54) is 6.07 Å². The van der Waals surface area contributed by atoms with Crippen molar-refractivity contribution >= 4 is 18.6 Å². The molecule has 4 nitrogen and oxygen atoms in total. The molecule has 0 saturated carbocycles. The van der Waals surface area contributed by atoms with Crippen LogP contribution in [0, 0.1) is 11.3 Å². The zero-order valence-corrected chi connectivity index (χ0v) is 11.2. The van der Waals surface area contributed by atoms with Gasteiger partial charge in [0.05, 0.1) is 18.6 Å². The normalized spacial score (nSPS) is 10.8. The number of nitriles is 1. The van der Waals surface area contributed by atoms with Crippen LogP contribution in [0.5, 0.6) is 5.75 Å². The van der Waals surface area contributed by atoms with Gasteiger partial charge in [0, 0.05) is 4.90 Å². The molecule has 0 radical (unpaired) electrons. The molecular weight excluding hydrogens is 295 g/mol. The number of nitrogens with zero attached hydrogens (tertiary/aromatic N) is 1. The van der Waals surface area contributed by atoms with Gasteiger partial charge >= 0.3 is 12.3 Å². The SMILES string of the molecule is CCOC(=O)Cc1c(S)ccc(OC(F)(F)F)c1C#N. The predicted octanol–water partition coefficient (Wildman–Crippen LogP) is 2.85. The molecule has 0 aliphatic heterocycles. The Labute approximate surface area is 118 Å².